The van der Waals surface area contributed by atoms with E-state index in [0.717, 1.165) is 17.5 Å². The molecule has 0 saturated carbocycles. The number of hydrogen-bond donors (Lipinski definition) is 0. The summed E-state index contributed by atoms with van der Waals surface area (Å²) in [5, 5.41) is 4.37. The molecule has 0 aliphatic heterocycles. The van der Waals surface area contributed by atoms with Crippen molar-refractivity contribution in [3.8, 4) is 0 Å². The van der Waals surface area contributed by atoms with Crippen molar-refractivity contribution < 1.29 is 9.18 Å². The van der Waals surface area contributed by atoms with Gasteiger partial charge in [-0.2, -0.15) is 5.10 Å². The average molecular weight is 246 g/mol. The van der Waals surface area contributed by atoms with E-state index in [1.54, 1.807) is 16.9 Å². The molecule has 0 fully saturated rings. The van der Waals surface area contributed by atoms with Gasteiger partial charge in [-0.25, -0.2) is 4.39 Å². The average Bonchev–Trinajstić information content (AvgIpc) is 2.72. The normalized spacial score (nSPS) is 10.9. The molecule has 0 aliphatic rings. The molecule has 0 atom stereocenters. The smallest absolute Gasteiger partial charge is 0.153 e. The van der Waals surface area contributed by atoms with Crippen LogP contribution in [0.25, 0.3) is 0 Å². The minimum absolute atomic E-state index is 0.193. The SMILES string of the molecule is CC(C)c1nn(Cc2cccc(F)c2)cc1C=O. The highest BCUT2D eigenvalue weighted by Crippen LogP contribution is 2.16. The Balaban J connectivity index is 2.27. The summed E-state index contributed by atoms with van der Waals surface area (Å²) in [6.07, 6.45) is 2.51. The first-order valence-electron chi connectivity index (χ1n) is 5.87. The Morgan fingerprint density at radius 2 is 2.22 bits per heavy atom. The van der Waals surface area contributed by atoms with Crippen molar-refractivity contribution >= 4 is 6.29 Å². The Labute approximate surface area is 105 Å². The predicted octanol–water partition coefficient (Wildman–Crippen LogP) is 3.01. The Kier molecular flexibility index (Phi) is 3.55. The van der Waals surface area contributed by atoms with Crippen molar-refractivity contribution in [3.05, 3.63) is 53.1 Å². The van der Waals surface area contributed by atoms with Gasteiger partial charge in [-0.1, -0.05) is 26.0 Å². The highest BCUT2D eigenvalue weighted by Gasteiger charge is 2.11. The molecule has 0 bridgehead atoms. The van der Waals surface area contributed by atoms with Crippen molar-refractivity contribution in [2.75, 3.05) is 0 Å². The van der Waals surface area contributed by atoms with Gasteiger partial charge in [0.25, 0.3) is 0 Å². The molecule has 0 amide bonds. The molecule has 0 radical (unpaired) electrons. The molecule has 3 nitrogen and oxygen atoms in total. The summed E-state index contributed by atoms with van der Waals surface area (Å²) in [5.41, 5.74) is 2.20. The first-order valence-corrected chi connectivity index (χ1v) is 5.87. The Morgan fingerprint density at radius 1 is 1.44 bits per heavy atom. The fourth-order valence-electron chi connectivity index (χ4n) is 1.89. The fourth-order valence-corrected chi connectivity index (χ4v) is 1.89. The monoisotopic (exact) mass is 246 g/mol. The lowest BCUT2D eigenvalue weighted by Gasteiger charge is -2.02. The van der Waals surface area contributed by atoms with Crippen LogP contribution in [0.1, 0.15) is 41.4 Å². The quantitative estimate of drug-likeness (QED) is 0.777. The van der Waals surface area contributed by atoms with E-state index in [-0.39, 0.29) is 11.7 Å². The third-order valence-corrected chi connectivity index (χ3v) is 2.73. The van der Waals surface area contributed by atoms with Gasteiger partial charge in [0.15, 0.2) is 6.29 Å². The van der Waals surface area contributed by atoms with E-state index < -0.39 is 0 Å². The zero-order chi connectivity index (χ0) is 13.1. The molecule has 0 N–H and O–H groups in total. The number of rotatable bonds is 4. The van der Waals surface area contributed by atoms with E-state index in [9.17, 15) is 9.18 Å². The van der Waals surface area contributed by atoms with Crippen LogP contribution in [0.15, 0.2) is 30.5 Å². The van der Waals surface area contributed by atoms with Gasteiger partial charge in [-0.05, 0) is 23.6 Å². The van der Waals surface area contributed by atoms with Crippen LogP contribution in [0.4, 0.5) is 4.39 Å². The summed E-state index contributed by atoms with van der Waals surface area (Å²) in [5.74, 6) is -0.0710. The van der Waals surface area contributed by atoms with E-state index in [1.807, 2.05) is 19.9 Å². The summed E-state index contributed by atoms with van der Waals surface area (Å²) < 4.78 is 14.7. The lowest BCUT2D eigenvalue weighted by molar-refractivity contribution is 0.112. The van der Waals surface area contributed by atoms with E-state index in [2.05, 4.69) is 5.10 Å². The van der Waals surface area contributed by atoms with Crippen molar-refractivity contribution in [1.82, 2.24) is 9.78 Å². The third kappa shape index (κ3) is 2.64. The molecule has 1 heterocycles. The zero-order valence-electron chi connectivity index (χ0n) is 10.4. The van der Waals surface area contributed by atoms with Crippen LogP contribution in [0.2, 0.25) is 0 Å². The van der Waals surface area contributed by atoms with Gasteiger partial charge in [-0.15, -0.1) is 0 Å². The first-order chi connectivity index (χ1) is 8.60. The molecular formula is C14H15FN2O. The Bertz CT molecular complexity index is 561. The number of nitrogens with zero attached hydrogens (tertiary/aromatic N) is 2. The summed E-state index contributed by atoms with van der Waals surface area (Å²) >= 11 is 0. The number of benzene rings is 1. The van der Waals surface area contributed by atoms with Gasteiger partial charge < -0.3 is 0 Å². The Hall–Kier alpha value is -1.97. The molecule has 0 unspecified atom stereocenters. The summed E-state index contributed by atoms with van der Waals surface area (Å²) in [6.45, 7) is 4.44. The highest BCUT2D eigenvalue weighted by molar-refractivity contribution is 5.76. The molecule has 0 saturated heterocycles. The van der Waals surface area contributed by atoms with E-state index >= 15 is 0 Å². The lowest BCUT2D eigenvalue weighted by Crippen LogP contribution is -2.02. The molecular weight excluding hydrogens is 231 g/mol. The topological polar surface area (TPSA) is 34.9 Å². The maximum atomic E-state index is 13.1. The van der Waals surface area contributed by atoms with Crippen LogP contribution in [0, 0.1) is 5.82 Å². The predicted molar refractivity (Wildman–Crippen MR) is 67.2 cm³/mol. The molecule has 1 aromatic carbocycles. The van der Waals surface area contributed by atoms with Crippen molar-refractivity contribution in [3.63, 3.8) is 0 Å². The maximum absolute atomic E-state index is 13.1. The Morgan fingerprint density at radius 3 is 2.78 bits per heavy atom. The minimum atomic E-state index is -0.264. The maximum Gasteiger partial charge on any atom is 0.153 e. The van der Waals surface area contributed by atoms with Crippen molar-refractivity contribution in [2.24, 2.45) is 0 Å². The van der Waals surface area contributed by atoms with Crippen LogP contribution in [-0.4, -0.2) is 16.1 Å². The van der Waals surface area contributed by atoms with Gasteiger partial charge in [0, 0.05) is 6.20 Å². The second kappa shape index (κ2) is 5.12. The largest absolute Gasteiger partial charge is 0.298 e. The van der Waals surface area contributed by atoms with Crippen molar-refractivity contribution in [1.29, 1.82) is 0 Å². The molecule has 0 spiro atoms. The third-order valence-electron chi connectivity index (χ3n) is 2.73. The molecule has 2 aromatic rings. The summed E-state index contributed by atoms with van der Waals surface area (Å²) in [7, 11) is 0. The van der Waals surface area contributed by atoms with Crippen molar-refractivity contribution in [2.45, 2.75) is 26.3 Å². The zero-order valence-corrected chi connectivity index (χ0v) is 10.4. The first kappa shape index (κ1) is 12.5. The number of aromatic nitrogens is 2. The number of hydrogen-bond acceptors (Lipinski definition) is 2. The summed E-state index contributed by atoms with van der Waals surface area (Å²) in [4.78, 5) is 10.9. The molecule has 18 heavy (non-hydrogen) atoms. The number of carbonyl (C=O) groups is 1. The lowest BCUT2D eigenvalue weighted by atomic mass is 10.1. The van der Waals surface area contributed by atoms with Crippen LogP contribution in [0.5, 0.6) is 0 Å². The molecule has 0 aliphatic carbocycles. The van der Waals surface area contributed by atoms with Gasteiger partial charge in [0.1, 0.15) is 5.82 Å². The number of carbonyl (C=O) groups excluding carboxylic acids is 1. The molecule has 94 valence electrons. The van der Waals surface area contributed by atoms with Crippen LogP contribution < -0.4 is 0 Å². The van der Waals surface area contributed by atoms with Gasteiger partial charge in [0.05, 0.1) is 17.8 Å². The number of halogens is 1. The van der Waals surface area contributed by atoms with E-state index in [4.69, 9.17) is 0 Å². The fraction of sp³-hybridized carbons (Fsp3) is 0.286. The van der Waals surface area contributed by atoms with E-state index in [0.29, 0.717) is 12.1 Å². The van der Waals surface area contributed by atoms with Crippen LogP contribution in [-0.2, 0) is 6.54 Å². The van der Waals surface area contributed by atoms with Gasteiger partial charge >= 0.3 is 0 Å². The standard InChI is InChI=1S/C14H15FN2O/c1-10(2)14-12(9-18)8-17(16-14)7-11-4-3-5-13(15)6-11/h3-6,8-10H,7H2,1-2H3. The van der Waals surface area contributed by atoms with Gasteiger partial charge in [0.2, 0.25) is 0 Å². The van der Waals surface area contributed by atoms with E-state index in [1.165, 1.54) is 12.1 Å². The second-order valence-electron chi connectivity index (χ2n) is 4.57. The summed E-state index contributed by atoms with van der Waals surface area (Å²) in [6, 6.07) is 6.37. The van der Waals surface area contributed by atoms with Crippen LogP contribution in [0.3, 0.4) is 0 Å². The number of aldehydes is 1. The second-order valence-corrected chi connectivity index (χ2v) is 4.57. The molecule has 1 aromatic heterocycles. The van der Waals surface area contributed by atoms with Crippen LogP contribution >= 0.6 is 0 Å². The molecule has 2 rings (SSSR count). The highest BCUT2D eigenvalue weighted by atomic mass is 19.1. The molecule has 4 heteroatoms. The minimum Gasteiger partial charge on any atom is -0.298 e. The van der Waals surface area contributed by atoms with Gasteiger partial charge in [-0.3, -0.25) is 9.48 Å².